The topological polar surface area (TPSA) is 82.5 Å². The number of aryl methyl sites for hydroxylation is 1. The highest BCUT2D eigenvalue weighted by Crippen LogP contribution is 2.26. The highest BCUT2D eigenvalue weighted by molar-refractivity contribution is 6.02. The van der Waals surface area contributed by atoms with E-state index in [2.05, 4.69) is 10.3 Å². The minimum Gasteiger partial charge on any atom is -0.480 e. The number of carbonyl (C=O) groups excluding carboxylic acids is 1. The van der Waals surface area contributed by atoms with E-state index in [1.807, 2.05) is 36.4 Å². The number of carboxylic acid groups (broad SMARTS) is 1. The van der Waals surface area contributed by atoms with E-state index in [0.717, 1.165) is 11.1 Å². The van der Waals surface area contributed by atoms with Crippen molar-refractivity contribution >= 4 is 11.9 Å². The van der Waals surface area contributed by atoms with Crippen LogP contribution in [0, 0.1) is 6.92 Å². The molecule has 124 valence electrons. The number of rotatable bonds is 3. The standard InChI is InChI=1S/C18H19N3O3/c1-12-16(14(7-8-19-12)13-5-3-2-4-6-13)17(22)21-10-9-20-15(11-21)18(23)24/h2-8,15,20H,9-11H2,1H3,(H,23,24). The number of nitrogens with one attached hydrogen (secondary N) is 1. The van der Waals surface area contributed by atoms with Gasteiger partial charge in [0.1, 0.15) is 6.04 Å². The molecule has 0 bridgehead atoms. The van der Waals surface area contributed by atoms with Gasteiger partial charge in [-0.25, -0.2) is 0 Å². The van der Waals surface area contributed by atoms with E-state index in [4.69, 9.17) is 0 Å². The fourth-order valence-corrected chi connectivity index (χ4v) is 2.95. The fourth-order valence-electron chi connectivity index (χ4n) is 2.95. The molecule has 6 nitrogen and oxygen atoms in total. The molecular formula is C18H19N3O3. The summed E-state index contributed by atoms with van der Waals surface area (Å²) in [5, 5.41) is 12.1. The highest BCUT2D eigenvalue weighted by Gasteiger charge is 2.30. The fraction of sp³-hybridized carbons (Fsp3) is 0.278. The van der Waals surface area contributed by atoms with Crippen molar-refractivity contribution < 1.29 is 14.7 Å². The largest absolute Gasteiger partial charge is 0.480 e. The van der Waals surface area contributed by atoms with Crippen LogP contribution in [0.4, 0.5) is 0 Å². The van der Waals surface area contributed by atoms with Gasteiger partial charge in [0, 0.05) is 25.8 Å². The molecule has 1 saturated heterocycles. The number of aromatic nitrogens is 1. The van der Waals surface area contributed by atoms with Gasteiger partial charge >= 0.3 is 5.97 Å². The number of nitrogens with zero attached hydrogens (tertiary/aromatic N) is 2. The SMILES string of the molecule is Cc1nccc(-c2ccccc2)c1C(=O)N1CCNC(C(=O)O)C1. The van der Waals surface area contributed by atoms with Crippen molar-refractivity contribution in [3.63, 3.8) is 0 Å². The molecular weight excluding hydrogens is 306 g/mol. The molecule has 1 aromatic carbocycles. The van der Waals surface area contributed by atoms with Crippen molar-refractivity contribution in [2.45, 2.75) is 13.0 Å². The minimum absolute atomic E-state index is 0.150. The first-order valence-corrected chi connectivity index (χ1v) is 7.84. The zero-order valence-electron chi connectivity index (χ0n) is 13.4. The summed E-state index contributed by atoms with van der Waals surface area (Å²) in [6, 6.07) is 10.8. The predicted octanol–water partition coefficient (Wildman–Crippen LogP) is 1.56. The van der Waals surface area contributed by atoms with Crippen molar-refractivity contribution in [1.82, 2.24) is 15.2 Å². The monoisotopic (exact) mass is 325 g/mol. The van der Waals surface area contributed by atoms with Crippen LogP contribution >= 0.6 is 0 Å². The summed E-state index contributed by atoms with van der Waals surface area (Å²) in [4.78, 5) is 30.1. The van der Waals surface area contributed by atoms with E-state index in [1.165, 1.54) is 0 Å². The molecule has 1 aromatic heterocycles. The maximum Gasteiger partial charge on any atom is 0.322 e. The van der Waals surface area contributed by atoms with Crippen molar-refractivity contribution in [2.75, 3.05) is 19.6 Å². The Labute approximate surface area is 140 Å². The summed E-state index contributed by atoms with van der Waals surface area (Å²) in [7, 11) is 0. The van der Waals surface area contributed by atoms with Gasteiger partial charge in [-0.2, -0.15) is 0 Å². The summed E-state index contributed by atoms with van der Waals surface area (Å²) in [6.45, 7) is 2.89. The number of pyridine rings is 1. The smallest absolute Gasteiger partial charge is 0.322 e. The average molecular weight is 325 g/mol. The lowest BCUT2D eigenvalue weighted by molar-refractivity contribution is -0.140. The van der Waals surface area contributed by atoms with Crippen LogP contribution in [0.2, 0.25) is 0 Å². The molecule has 24 heavy (non-hydrogen) atoms. The molecule has 2 N–H and O–H groups in total. The van der Waals surface area contributed by atoms with Crippen LogP contribution in [0.15, 0.2) is 42.6 Å². The molecule has 1 unspecified atom stereocenters. The van der Waals surface area contributed by atoms with E-state index in [1.54, 1.807) is 18.0 Å². The van der Waals surface area contributed by atoms with Crippen molar-refractivity contribution in [3.8, 4) is 11.1 Å². The quantitative estimate of drug-likeness (QED) is 0.895. The van der Waals surface area contributed by atoms with Gasteiger partial charge in [0.2, 0.25) is 0 Å². The second kappa shape index (κ2) is 6.80. The van der Waals surface area contributed by atoms with E-state index in [0.29, 0.717) is 24.3 Å². The van der Waals surface area contributed by atoms with Gasteiger partial charge < -0.3 is 15.3 Å². The van der Waals surface area contributed by atoms with Crippen LogP contribution in [0.1, 0.15) is 16.1 Å². The zero-order chi connectivity index (χ0) is 17.1. The summed E-state index contributed by atoms with van der Waals surface area (Å²) in [5.74, 6) is -1.12. The third-order valence-electron chi connectivity index (χ3n) is 4.20. The van der Waals surface area contributed by atoms with E-state index >= 15 is 0 Å². The second-order valence-electron chi connectivity index (χ2n) is 5.78. The molecule has 2 heterocycles. The number of carbonyl (C=O) groups is 2. The van der Waals surface area contributed by atoms with Crippen molar-refractivity contribution in [2.24, 2.45) is 0 Å². The lowest BCUT2D eigenvalue weighted by Gasteiger charge is -2.32. The second-order valence-corrected chi connectivity index (χ2v) is 5.78. The van der Waals surface area contributed by atoms with Gasteiger partial charge in [0.15, 0.2) is 0 Å². The number of hydrogen-bond acceptors (Lipinski definition) is 4. The summed E-state index contributed by atoms with van der Waals surface area (Å²) in [6.07, 6.45) is 1.69. The normalized spacial score (nSPS) is 17.5. The Bertz CT molecular complexity index is 761. The molecule has 3 rings (SSSR count). The Hall–Kier alpha value is -2.73. The predicted molar refractivity (Wildman–Crippen MR) is 89.7 cm³/mol. The summed E-state index contributed by atoms with van der Waals surface area (Å²) >= 11 is 0. The van der Waals surface area contributed by atoms with Gasteiger partial charge in [-0.15, -0.1) is 0 Å². The summed E-state index contributed by atoms with van der Waals surface area (Å²) in [5.41, 5.74) is 2.94. The number of amides is 1. The maximum atomic E-state index is 13.0. The Balaban J connectivity index is 1.97. The van der Waals surface area contributed by atoms with Gasteiger partial charge in [-0.1, -0.05) is 30.3 Å². The third-order valence-corrected chi connectivity index (χ3v) is 4.20. The van der Waals surface area contributed by atoms with Gasteiger partial charge in [0.05, 0.1) is 11.3 Å². The van der Waals surface area contributed by atoms with Gasteiger partial charge in [0.25, 0.3) is 5.91 Å². The minimum atomic E-state index is -0.946. The number of benzene rings is 1. The van der Waals surface area contributed by atoms with E-state index in [-0.39, 0.29) is 12.5 Å². The Kier molecular flexibility index (Phi) is 4.57. The molecule has 6 heteroatoms. The van der Waals surface area contributed by atoms with E-state index < -0.39 is 12.0 Å². The Morgan fingerprint density at radius 1 is 1.25 bits per heavy atom. The maximum absolute atomic E-state index is 13.0. The average Bonchev–Trinajstić information content (AvgIpc) is 2.62. The summed E-state index contributed by atoms with van der Waals surface area (Å²) < 4.78 is 0. The van der Waals surface area contributed by atoms with Crippen LogP contribution < -0.4 is 5.32 Å². The zero-order valence-corrected chi connectivity index (χ0v) is 13.4. The van der Waals surface area contributed by atoms with Gasteiger partial charge in [-0.3, -0.25) is 14.6 Å². The molecule has 1 atom stereocenters. The van der Waals surface area contributed by atoms with Crippen molar-refractivity contribution in [3.05, 3.63) is 53.9 Å². The van der Waals surface area contributed by atoms with Crippen LogP contribution in [-0.4, -0.2) is 52.5 Å². The number of carboxylic acids is 1. The molecule has 1 aliphatic rings. The first kappa shape index (κ1) is 16.1. The van der Waals surface area contributed by atoms with Gasteiger partial charge in [-0.05, 0) is 24.1 Å². The molecule has 0 aliphatic carbocycles. The number of aliphatic carboxylic acids is 1. The Morgan fingerprint density at radius 2 is 2.00 bits per heavy atom. The molecule has 0 spiro atoms. The van der Waals surface area contributed by atoms with Crippen LogP contribution in [0.25, 0.3) is 11.1 Å². The molecule has 1 fully saturated rings. The van der Waals surface area contributed by atoms with Crippen LogP contribution in [0.3, 0.4) is 0 Å². The molecule has 0 radical (unpaired) electrons. The molecule has 1 aliphatic heterocycles. The highest BCUT2D eigenvalue weighted by atomic mass is 16.4. The molecule has 2 aromatic rings. The van der Waals surface area contributed by atoms with E-state index in [9.17, 15) is 14.7 Å². The number of hydrogen-bond donors (Lipinski definition) is 2. The van der Waals surface area contributed by atoms with Crippen LogP contribution in [0.5, 0.6) is 0 Å². The first-order chi connectivity index (χ1) is 11.6. The molecule has 1 amide bonds. The van der Waals surface area contributed by atoms with Crippen molar-refractivity contribution in [1.29, 1.82) is 0 Å². The van der Waals surface area contributed by atoms with Crippen LogP contribution in [-0.2, 0) is 4.79 Å². The lowest BCUT2D eigenvalue weighted by atomic mass is 9.98. The third kappa shape index (κ3) is 3.14. The molecule has 0 saturated carbocycles. The lowest BCUT2D eigenvalue weighted by Crippen LogP contribution is -2.55. The number of piperazine rings is 1. The Morgan fingerprint density at radius 3 is 2.71 bits per heavy atom. The first-order valence-electron chi connectivity index (χ1n) is 7.84.